The summed E-state index contributed by atoms with van der Waals surface area (Å²) in [6, 6.07) is 28.0. The molecule has 0 amide bonds. The van der Waals surface area contributed by atoms with E-state index in [2.05, 4.69) is 38.1 Å². The Kier molecular flexibility index (Phi) is 6.78. The summed E-state index contributed by atoms with van der Waals surface area (Å²) in [6.07, 6.45) is 5.43. The van der Waals surface area contributed by atoms with Crippen molar-refractivity contribution in [1.29, 1.82) is 0 Å². The molecule has 0 radical (unpaired) electrons. The fourth-order valence-electron chi connectivity index (χ4n) is 3.84. The van der Waals surface area contributed by atoms with Gasteiger partial charge < -0.3 is 4.74 Å². The van der Waals surface area contributed by atoms with E-state index in [1.807, 2.05) is 79.1 Å². The molecule has 6 heteroatoms. The lowest BCUT2D eigenvalue weighted by atomic mass is 10.1. The highest BCUT2D eigenvalue weighted by molar-refractivity contribution is 5.84. The first kappa shape index (κ1) is 21.7. The summed E-state index contributed by atoms with van der Waals surface area (Å²) in [5.74, 6) is 0.756. The summed E-state index contributed by atoms with van der Waals surface area (Å²) in [7, 11) is 0. The average Bonchev–Trinajstić information content (AvgIpc) is 2.89. The summed E-state index contributed by atoms with van der Waals surface area (Å²) < 4.78 is 6.10. The topological polar surface area (TPSA) is 64.0 Å². The smallest absolute Gasteiger partial charge is 0.146 e. The van der Waals surface area contributed by atoms with Crippen LogP contribution in [-0.2, 0) is 26.2 Å². The van der Waals surface area contributed by atoms with E-state index in [0.29, 0.717) is 26.2 Å². The SMILES string of the molecule is c1ccc(COc2cccc3ccc(CN(Cc4ccccn4)Cc4ccccn4)nc23)nc1. The van der Waals surface area contributed by atoms with E-state index in [1.54, 1.807) is 6.20 Å². The van der Waals surface area contributed by atoms with Crippen LogP contribution in [0.2, 0.25) is 0 Å². The molecule has 5 aromatic rings. The van der Waals surface area contributed by atoms with Crippen LogP contribution >= 0.6 is 0 Å². The van der Waals surface area contributed by atoms with Crippen LogP contribution in [0.4, 0.5) is 0 Å². The maximum absolute atomic E-state index is 6.10. The minimum atomic E-state index is 0.400. The van der Waals surface area contributed by atoms with Gasteiger partial charge in [0.25, 0.3) is 0 Å². The zero-order chi connectivity index (χ0) is 23.0. The molecule has 0 aliphatic heterocycles. The van der Waals surface area contributed by atoms with Crippen molar-refractivity contribution < 1.29 is 4.74 Å². The number of rotatable bonds is 9. The molecule has 0 saturated heterocycles. The highest BCUT2D eigenvalue weighted by Gasteiger charge is 2.12. The van der Waals surface area contributed by atoms with Gasteiger partial charge in [-0.1, -0.05) is 36.4 Å². The average molecular weight is 448 g/mol. The van der Waals surface area contributed by atoms with Gasteiger partial charge in [0.1, 0.15) is 17.9 Å². The Morgan fingerprint density at radius 2 is 1.18 bits per heavy atom. The molecule has 0 aliphatic carbocycles. The van der Waals surface area contributed by atoms with Crippen LogP contribution < -0.4 is 4.74 Å². The molecule has 1 aromatic carbocycles. The fraction of sp³-hybridized carbons (Fsp3) is 0.143. The Bertz CT molecular complexity index is 1290. The van der Waals surface area contributed by atoms with Crippen LogP contribution in [0.25, 0.3) is 10.9 Å². The monoisotopic (exact) mass is 447 g/mol. The van der Waals surface area contributed by atoms with Crippen molar-refractivity contribution in [3.8, 4) is 5.75 Å². The largest absolute Gasteiger partial charge is 0.485 e. The van der Waals surface area contributed by atoms with Crippen molar-refractivity contribution in [2.75, 3.05) is 0 Å². The van der Waals surface area contributed by atoms with Crippen LogP contribution in [0.3, 0.4) is 0 Å². The van der Waals surface area contributed by atoms with Crippen LogP contribution in [0.15, 0.2) is 104 Å². The van der Waals surface area contributed by atoms with Crippen LogP contribution in [0.1, 0.15) is 22.8 Å². The van der Waals surface area contributed by atoms with Crippen molar-refractivity contribution >= 4 is 10.9 Å². The van der Waals surface area contributed by atoms with Gasteiger partial charge in [0.15, 0.2) is 0 Å². The highest BCUT2D eigenvalue weighted by atomic mass is 16.5. The Morgan fingerprint density at radius 1 is 0.559 bits per heavy atom. The van der Waals surface area contributed by atoms with Crippen molar-refractivity contribution in [3.63, 3.8) is 0 Å². The molecule has 0 saturated carbocycles. The number of para-hydroxylation sites is 1. The van der Waals surface area contributed by atoms with E-state index in [9.17, 15) is 0 Å². The van der Waals surface area contributed by atoms with Gasteiger partial charge >= 0.3 is 0 Å². The molecule has 0 fully saturated rings. The molecule has 4 aromatic heterocycles. The first-order valence-electron chi connectivity index (χ1n) is 11.3. The van der Waals surface area contributed by atoms with E-state index in [0.717, 1.165) is 39.4 Å². The van der Waals surface area contributed by atoms with Crippen LogP contribution in [-0.4, -0.2) is 24.8 Å². The van der Waals surface area contributed by atoms with Gasteiger partial charge in [-0.15, -0.1) is 0 Å². The Balaban J connectivity index is 1.39. The number of hydrogen-bond acceptors (Lipinski definition) is 6. The van der Waals surface area contributed by atoms with Crippen molar-refractivity contribution in [2.24, 2.45) is 0 Å². The number of nitrogens with zero attached hydrogens (tertiary/aromatic N) is 5. The summed E-state index contributed by atoms with van der Waals surface area (Å²) in [5, 5.41) is 1.04. The van der Waals surface area contributed by atoms with Gasteiger partial charge in [-0.05, 0) is 48.5 Å². The van der Waals surface area contributed by atoms with E-state index < -0.39 is 0 Å². The Labute approximate surface area is 198 Å². The van der Waals surface area contributed by atoms with E-state index in [4.69, 9.17) is 9.72 Å². The molecule has 34 heavy (non-hydrogen) atoms. The predicted molar refractivity (Wildman–Crippen MR) is 132 cm³/mol. The van der Waals surface area contributed by atoms with Gasteiger partial charge in [-0.2, -0.15) is 0 Å². The number of pyridine rings is 4. The van der Waals surface area contributed by atoms with E-state index in [1.165, 1.54) is 0 Å². The lowest BCUT2D eigenvalue weighted by Gasteiger charge is -2.21. The second-order valence-electron chi connectivity index (χ2n) is 8.03. The zero-order valence-electron chi connectivity index (χ0n) is 18.8. The van der Waals surface area contributed by atoms with Crippen molar-refractivity contribution in [3.05, 3.63) is 126 Å². The van der Waals surface area contributed by atoms with Gasteiger partial charge in [0.05, 0.1) is 22.8 Å². The summed E-state index contributed by atoms with van der Waals surface area (Å²) in [6.45, 7) is 2.47. The second-order valence-corrected chi connectivity index (χ2v) is 8.03. The molecule has 0 unspecified atom stereocenters. The molecule has 6 nitrogen and oxygen atoms in total. The molecule has 0 N–H and O–H groups in total. The lowest BCUT2D eigenvalue weighted by molar-refractivity contribution is 0.239. The minimum absolute atomic E-state index is 0.400. The van der Waals surface area contributed by atoms with Crippen molar-refractivity contribution in [1.82, 2.24) is 24.8 Å². The molecule has 0 bridgehead atoms. The van der Waals surface area contributed by atoms with Crippen molar-refractivity contribution in [2.45, 2.75) is 26.2 Å². The third kappa shape index (κ3) is 5.60. The first-order chi connectivity index (χ1) is 16.8. The minimum Gasteiger partial charge on any atom is -0.485 e. The second kappa shape index (κ2) is 10.6. The van der Waals surface area contributed by atoms with E-state index in [-0.39, 0.29) is 0 Å². The van der Waals surface area contributed by atoms with Gasteiger partial charge in [-0.25, -0.2) is 4.98 Å². The number of fused-ring (bicyclic) bond motifs is 1. The third-order valence-electron chi connectivity index (χ3n) is 5.45. The third-order valence-corrected chi connectivity index (χ3v) is 5.45. The zero-order valence-corrected chi connectivity index (χ0v) is 18.8. The standard InChI is InChI=1S/C28H25N5O/c1-4-15-29-23(9-1)18-33(19-24-10-2-5-16-30-24)20-25-14-13-22-8-7-12-27(28(22)32-25)34-21-26-11-3-6-17-31-26/h1-17H,18-21H2. The maximum Gasteiger partial charge on any atom is 0.146 e. The normalized spacial score (nSPS) is 11.1. The highest BCUT2D eigenvalue weighted by Crippen LogP contribution is 2.25. The number of hydrogen-bond donors (Lipinski definition) is 0. The summed E-state index contributed by atoms with van der Waals surface area (Å²) in [5.41, 5.74) is 4.73. The molecule has 4 heterocycles. The lowest BCUT2D eigenvalue weighted by Crippen LogP contribution is -2.24. The van der Waals surface area contributed by atoms with Gasteiger partial charge in [0, 0.05) is 43.6 Å². The van der Waals surface area contributed by atoms with E-state index >= 15 is 0 Å². The molecule has 5 rings (SSSR count). The summed E-state index contributed by atoms with van der Waals surface area (Å²) in [4.78, 5) is 20.7. The fourth-order valence-corrected chi connectivity index (χ4v) is 3.84. The molecule has 0 aliphatic rings. The van der Waals surface area contributed by atoms with Gasteiger partial charge in [0.2, 0.25) is 0 Å². The molecule has 0 spiro atoms. The van der Waals surface area contributed by atoms with Gasteiger partial charge in [-0.3, -0.25) is 19.9 Å². The quantitative estimate of drug-likeness (QED) is 0.309. The number of aromatic nitrogens is 4. The Hall–Kier alpha value is -4.16. The molecular formula is C28H25N5O. The first-order valence-corrected chi connectivity index (χ1v) is 11.3. The molecule has 0 atom stereocenters. The molecular weight excluding hydrogens is 422 g/mol. The number of benzene rings is 1. The van der Waals surface area contributed by atoms with Crippen LogP contribution in [0, 0.1) is 0 Å². The molecule has 168 valence electrons. The maximum atomic E-state index is 6.10. The summed E-state index contributed by atoms with van der Waals surface area (Å²) >= 11 is 0. The van der Waals surface area contributed by atoms with Crippen LogP contribution in [0.5, 0.6) is 5.75 Å². The number of ether oxygens (including phenoxy) is 1. The Morgan fingerprint density at radius 3 is 1.79 bits per heavy atom. The predicted octanol–water partition coefficient (Wildman–Crippen LogP) is 5.20.